The summed E-state index contributed by atoms with van der Waals surface area (Å²) in [4.78, 5) is 0. The lowest BCUT2D eigenvalue weighted by Gasteiger charge is -2.26. The summed E-state index contributed by atoms with van der Waals surface area (Å²) in [5, 5.41) is 13.5. The molecule has 0 aromatic rings. The van der Waals surface area contributed by atoms with Gasteiger partial charge in [0.15, 0.2) is 0 Å². The molecule has 2 rings (SSSR count). The number of aliphatic hydroxyl groups is 1. The van der Waals surface area contributed by atoms with Crippen molar-refractivity contribution in [2.24, 2.45) is 17.8 Å². The van der Waals surface area contributed by atoms with Gasteiger partial charge in [-0.15, -0.1) is 0 Å². The van der Waals surface area contributed by atoms with Crippen LogP contribution >= 0.6 is 0 Å². The lowest BCUT2D eigenvalue weighted by Crippen LogP contribution is -2.33. The Bertz CT molecular complexity index is 217. The molecule has 2 nitrogen and oxygen atoms in total. The van der Waals surface area contributed by atoms with Crippen LogP contribution < -0.4 is 5.32 Å². The average molecular weight is 253 g/mol. The Morgan fingerprint density at radius 1 is 1.00 bits per heavy atom. The molecular weight excluding hydrogens is 222 g/mol. The summed E-state index contributed by atoms with van der Waals surface area (Å²) >= 11 is 0. The van der Waals surface area contributed by atoms with Crippen LogP contribution in [-0.2, 0) is 0 Å². The Labute approximate surface area is 113 Å². The normalized spacial score (nSPS) is 31.7. The molecule has 2 fully saturated rings. The van der Waals surface area contributed by atoms with Crippen LogP contribution in [0.1, 0.15) is 64.7 Å². The van der Waals surface area contributed by atoms with Crippen molar-refractivity contribution in [1.29, 1.82) is 0 Å². The maximum absolute atomic E-state index is 10.0. The molecule has 0 amide bonds. The molecule has 0 radical (unpaired) electrons. The molecule has 2 heteroatoms. The lowest BCUT2D eigenvalue weighted by molar-refractivity contribution is 0.137. The molecule has 2 N–H and O–H groups in total. The van der Waals surface area contributed by atoms with Crippen molar-refractivity contribution < 1.29 is 5.11 Å². The maximum atomic E-state index is 10.0. The van der Waals surface area contributed by atoms with Crippen molar-refractivity contribution in [3.8, 4) is 0 Å². The van der Waals surface area contributed by atoms with Crippen LogP contribution in [-0.4, -0.2) is 24.3 Å². The number of nitrogens with one attached hydrogen (secondary N) is 1. The van der Waals surface area contributed by atoms with Crippen LogP contribution in [0.25, 0.3) is 0 Å². The van der Waals surface area contributed by atoms with Crippen LogP contribution in [0.5, 0.6) is 0 Å². The van der Waals surface area contributed by atoms with Gasteiger partial charge in [-0.05, 0) is 43.6 Å². The fourth-order valence-electron chi connectivity index (χ4n) is 3.70. The van der Waals surface area contributed by atoms with Crippen LogP contribution in [0.4, 0.5) is 0 Å². The first kappa shape index (κ1) is 14.3. The topological polar surface area (TPSA) is 32.3 Å². The van der Waals surface area contributed by atoms with E-state index in [4.69, 9.17) is 0 Å². The quantitative estimate of drug-likeness (QED) is 0.761. The summed E-state index contributed by atoms with van der Waals surface area (Å²) < 4.78 is 0. The smallest absolute Gasteiger partial charge is 0.0667 e. The van der Waals surface area contributed by atoms with Gasteiger partial charge >= 0.3 is 0 Å². The first-order valence-corrected chi connectivity index (χ1v) is 8.13. The Morgan fingerprint density at radius 2 is 1.67 bits per heavy atom. The van der Waals surface area contributed by atoms with Gasteiger partial charge in [-0.2, -0.15) is 0 Å². The number of aliphatic hydroxyl groups excluding tert-OH is 1. The molecule has 18 heavy (non-hydrogen) atoms. The molecule has 2 saturated carbocycles. The molecule has 1 atom stereocenters. The fourth-order valence-corrected chi connectivity index (χ4v) is 3.70. The fraction of sp³-hybridized carbons (Fsp3) is 1.00. The van der Waals surface area contributed by atoms with Crippen molar-refractivity contribution in [1.82, 2.24) is 5.32 Å². The monoisotopic (exact) mass is 253 g/mol. The van der Waals surface area contributed by atoms with E-state index < -0.39 is 0 Å². The molecule has 0 heterocycles. The predicted molar refractivity (Wildman–Crippen MR) is 76.6 cm³/mol. The van der Waals surface area contributed by atoms with Gasteiger partial charge in [-0.25, -0.2) is 0 Å². The van der Waals surface area contributed by atoms with Crippen LogP contribution in [0.2, 0.25) is 0 Å². The van der Waals surface area contributed by atoms with Gasteiger partial charge in [0.05, 0.1) is 6.10 Å². The molecular formula is C16H31NO. The van der Waals surface area contributed by atoms with E-state index in [1.165, 1.54) is 51.4 Å². The minimum Gasteiger partial charge on any atom is -0.392 e. The highest BCUT2D eigenvalue weighted by molar-refractivity contribution is 4.75. The molecule has 0 spiro atoms. The average Bonchev–Trinajstić information content (AvgIpc) is 2.84. The second kappa shape index (κ2) is 7.49. The number of hydrogen-bond acceptors (Lipinski definition) is 2. The van der Waals surface area contributed by atoms with E-state index in [0.717, 1.165) is 37.3 Å². The summed E-state index contributed by atoms with van der Waals surface area (Å²) in [6.07, 6.45) is 11.9. The van der Waals surface area contributed by atoms with E-state index >= 15 is 0 Å². The second-order valence-electron chi connectivity index (χ2n) is 6.82. The molecule has 2 aliphatic rings. The third-order valence-electron chi connectivity index (χ3n) is 5.03. The number of hydrogen-bond donors (Lipinski definition) is 2. The van der Waals surface area contributed by atoms with Gasteiger partial charge in [0.25, 0.3) is 0 Å². The zero-order valence-electron chi connectivity index (χ0n) is 12.0. The third-order valence-corrected chi connectivity index (χ3v) is 5.03. The van der Waals surface area contributed by atoms with Gasteiger partial charge in [0.1, 0.15) is 0 Å². The molecule has 0 aliphatic heterocycles. The van der Waals surface area contributed by atoms with Crippen LogP contribution in [0, 0.1) is 17.8 Å². The summed E-state index contributed by atoms with van der Waals surface area (Å²) in [7, 11) is 0. The summed E-state index contributed by atoms with van der Waals surface area (Å²) in [5.41, 5.74) is 0. The molecule has 0 aromatic carbocycles. The van der Waals surface area contributed by atoms with E-state index in [2.05, 4.69) is 12.2 Å². The first-order valence-electron chi connectivity index (χ1n) is 8.13. The molecule has 106 valence electrons. The van der Waals surface area contributed by atoms with E-state index in [1.54, 1.807) is 0 Å². The van der Waals surface area contributed by atoms with Gasteiger partial charge in [-0.3, -0.25) is 0 Å². The summed E-state index contributed by atoms with van der Waals surface area (Å²) in [6.45, 7) is 4.30. The molecule has 2 aliphatic carbocycles. The summed E-state index contributed by atoms with van der Waals surface area (Å²) in [5.74, 6) is 2.60. The molecule has 1 unspecified atom stereocenters. The van der Waals surface area contributed by atoms with Gasteiger partial charge < -0.3 is 10.4 Å². The van der Waals surface area contributed by atoms with E-state index in [9.17, 15) is 5.11 Å². The highest BCUT2D eigenvalue weighted by atomic mass is 16.3. The van der Waals surface area contributed by atoms with Gasteiger partial charge in [0, 0.05) is 6.54 Å². The highest BCUT2D eigenvalue weighted by Crippen LogP contribution is 2.29. The SMILES string of the molecule is CC1CCC(CNCC(O)CC2CCCC2)CC1. The zero-order chi connectivity index (χ0) is 12.8. The van der Waals surface area contributed by atoms with Crippen LogP contribution in [0.3, 0.4) is 0 Å². The van der Waals surface area contributed by atoms with Crippen molar-refractivity contribution in [2.75, 3.05) is 13.1 Å². The Morgan fingerprint density at radius 3 is 2.33 bits per heavy atom. The van der Waals surface area contributed by atoms with Crippen molar-refractivity contribution in [3.63, 3.8) is 0 Å². The molecule has 0 aromatic heterocycles. The van der Waals surface area contributed by atoms with Crippen molar-refractivity contribution in [3.05, 3.63) is 0 Å². The highest BCUT2D eigenvalue weighted by Gasteiger charge is 2.20. The maximum Gasteiger partial charge on any atom is 0.0667 e. The van der Waals surface area contributed by atoms with Gasteiger partial charge in [0.2, 0.25) is 0 Å². The largest absolute Gasteiger partial charge is 0.392 e. The molecule has 0 bridgehead atoms. The minimum atomic E-state index is -0.115. The standard InChI is InChI=1S/C16H31NO/c1-13-6-8-15(9-7-13)11-17-12-16(18)10-14-4-2-3-5-14/h13-18H,2-12H2,1H3. The Kier molecular flexibility index (Phi) is 5.97. The second-order valence-corrected chi connectivity index (χ2v) is 6.82. The number of rotatable bonds is 6. The van der Waals surface area contributed by atoms with E-state index in [-0.39, 0.29) is 6.10 Å². The van der Waals surface area contributed by atoms with Crippen LogP contribution in [0.15, 0.2) is 0 Å². The third kappa shape index (κ3) is 4.89. The predicted octanol–water partition coefficient (Wildman–Crippen LogP) is 3.34. The van der Waals surface area contributed by atoms with E-state index in [1.807, 2.05) is 0 Å². The summed E-state index contributed by atoms with van der Waals surface area (Å²) in [6, 6.07) is 0. The molecule has 0 saturated heterocycles. The van der Waals surface area contributed by atoms with Gasteiger partial charge in [-0.1, -0.05) is 45.4 Å². The minimum absolute atomic E-state index is 0.115. The lowest BCUT2D eigenvalue weighted by atomic mass is 9.83. The van der Waals surface area contributed by atoms with Crippen molar-refractivity contribution >= 4 is 0 Å². The zero-order valence-corrected chi connectivity index (χ0v) is 12.0. The van der Waals surface area contributed by atoms with E-state index in [0.29, 0.717) is 0 Å². The Balaban J connectivity index is 1.51. The first-order chi connectivity index (χ1) is 8.74. The Hall–Kier alpha value is -0.0800. The van der Waals surface area contributed by atoms with Crippen molar-refractivity contribution in [2.45, 2.75) is 70.8 Å².